The minimum atomic E-state index is -4.11. The van der Waals surface area contributed by atoms with Gasteiger partial charge in [-0.15, -0.1) is 0 Å². The first kappa shape index (κ1) is 52.1. The van der Waals surface area contributed by atoms with Gasteiger partial charge in [0.2, 0.25) is 0 Å². The van der Waals surface area contributed by atoms with Crippen LogP contribution < -0.4 is 10.4 Å². The molecule has 2 aliphatic rings. The van der Waals surface area contributed by atoms with Gasteiger partial charge in [-0.1, -0.05) is 152 Å². The molecule has 0 spiro atoms. The zero-order valence-electron chi connectivity index (χ0n) is 41.1. The van der Waals surface area contributed by atoms with Crippen molar-refractivity contribution in [2.75, 3.05) is 6.61 Å². The van der Waals surface area contributed by atoms with Gasteiger partial charge in [0.05, 0.1) is 11.0 Å². The number of ether oxygens (including phenoxy) is 3. The highest BCUT2D eigenvalue weighted by Crippen LogP contribution is 2.53. The van der Waals surface area contributed by atoms with Crippen LogP contribution in [0.5, 0.6) is 0 Å². The smallest absolute Gasteiger partial charge is 0.303 e. The molecule has 1 saturated carbocycles. The molecule has 1 aliphatic carbocycles. The van der Waals surface area contributed by atoms with E-state index in [9.17, 15) is 4.79 Å². The van der Waals surface area contributed by atoms with Crippen LogP contribution in [-0.4, -0.2) is 73.1 Å². The van der Waals surface area contributed by atoms with E-state index in [1.54, 1.807) is 24.3 Å². The molecule has 1 heterocycles. The standard InChI is InChI=1S/C53H80O8SSi2/c1-13-14-15-16-17-27-37-47-48(60-53(9,10)59-47)49(58-40(2)54)50(62(55,56)41-30-21-18-22-31-41)45-39-44(45)46(36-28-29-38-57-63(11,12)51(3,4)5)61-64(52(6,7)8,42-32-23-19-24-33-42)43-34-25-20-26-35-43/h17-27,30-35,44-50H,13-16,28-29,36-39H2,1-12H3/b27-17-/t44-,45-,46+,47-,48-,49?,50?/m0/s1. The van der Waals surface area contributed by atoms with Crippen LogP contribution in [0.3, 0.4) is 0 Å². The fraction of sp³-hybridized carbons (Fsp3) is 0.604. The Morgan fingerprint density at radius 2 is 1.38 bits per heavy atom. The zero-order valence-corrected chi connectivity index (χ0v) is 43.9. The molecule has 0 bridgehead atoms. The first-order valence-corrected chi connectivity index (χ1v) is 30.3. The van der Waals surface area contributed by atoms with Crippen LogP contribution in [0, 0.1) is 11.8 Å². The number of esters is 1. The molecule has 7 atom stereocenters. The molecule has 64 heavy (non-hydrogen) atoms. The topological polar surface area (TPSA) is 97.4 Å². The number of hydrogen-bond acceptors (Lipinski definition) is 8. The molecule has 8 nitrogen and oxygen atoms in total. The van der Waals surface area contributed by atoms with Crippen molar-refractivity contribution in [2.24, 2.45) is 11.8 Å². The molecule has 2 fully saturated rings. The fourth-order valence-corrected chi connectivity index (χ4v) is 17.5. The minimum absolute atomic E-state index is 0.105. The second kappa shape index (κ2) is 21.8. The molecule has 2 unspecified atom stereocenters. The predicted molar refractivity (Wildman–Crippen MR) is 266 cm³/mol. The number of unbranched alkanes of at least 4 members (excludes halogenated alkanes) is 4. The minimum Gasteiger partial charge on any atom is -0.458 e. The Morgan fingerprint density at radius 1 is 0.797 bits per heavy atom. The van der Waals surface area contributed by atoms with E-state index in [1.807, 2.05) is 32.0 Å². The lowest BCUT2D eigenvalue weighted by Crippen LogP contribution is -2.68. The summed E-state index contributed by atoms with van der Waals surface area (Å²) in [5.41, 5.74) is 0. The second-order valence-corrected chi connectivity index (χ2v) is 32.4. The van der Waals surface area contributed by atoms with E-state index in [1.165, 1.54) is 17.3 Å². The lowest BCUT2D eigenvalue weighted by atomic mass is 9.97. The van der Waals surface area contributed by atoms with Crippen molar-refractivity contribution in [1.29, 1.82) is 0 Å². The van der Waals surface area contributed by atoms with Crippen molar-refractivity contribution in [2.45, 2.75) is 191 Å². The van der Waals surface area contributed by atoms with Crippen LogP contribution in [0.25, 0.3) is 0 Å². The van der Waals surface area contributed by atoms with Gasteiger partial charge < -0.3 is 23.1 Å². The molecule has 0 N–H and O–H groups in total. The van der Waals surface area contributed by atoms with Gasteiger partial charge in [0.15, 0.2) is 23.9 Å². The number of allylic oxidation sites excluding steroid dienone is 1. The molecule has 5 rings (SSSR count). The van der Waals surface area contributed by atoms with Crippen molar-refractivity contribution < 1.29 is 36.3 Å². The van der Waals surface area contributed by atoms with E-state index >= 15 is 8.42 Å². The molecular weight excluding hydrogens is 853 g/mol. The summed E-state index contributed by atoms with van der Waals surface area (Å²) in [7, 11) is -9.14. The van der Waals surface area contributed by atoms with Gasteiger partial charge in [0.1, 0.15) is 17.5 Å². The van der Waals surface area contributed by atoms with Gasteiger partial charge in [-0.3, -0.25) is 4.79 Å². The van der Waals surface area contributed by atoms with Crippen LogP contribution in [0.4, 0.5) is 0 Å². The molecule has 1 saturated heterocycles. The van der Waals surface area contributed by atoms with Gasteiger partial charge >= 0.3 is 5.97 Å². The molecule has 1 aliphatic heterocycles. The van der Waals surface area contributed by atoms with Crippen molar-refractivity contribution >= 4 is 42.8 Å². The molecule has 3 aromatic rings. The zero-order chi connectivity index (χ0) is 47.0. The molecular formula is C53H80O8SSi2. The Labute approximate surface area is 389 Å². The first-order valence-electron chi connectivity index (χ1n) is 24.0. The molecule has 3 aromatic carbocycles. The quantitative estimate of drug-likeness (QED) is 0.0401. The second-order valence-electron chi connectivity index (χ2n) is 21.2. The Morgan fingerprint density at radius 3 is 1.91 bits per heavy atom. The summed E-state index contributed by atoms with van der Waals surface area (Å²) >= 11 is 0. The van der Waals surface area contributed by atoms with Crippen molar-refractivity contribution in [3.05, 3.63) is 103 Å². The van der Waals surface area contributed by atoms with E-state index < -0.39 is 61.8 Å². The number of carbonyl (C=O) groups is 1. The van der Waals surface area contributed by atoms with E-state index in [0.717, 1.165) is 44.9 Å². The van der Waals surface area contributed by atoms with Crippen LogP contribution in [0.1, 0.15) is 127 Å². The summed E-state index contributed by atoms with van der Waals surface area (Å²) in [6.45, 7) is 26.1. The van der Waals surface area contributed by atoms with Crippen LogP contribution in [0.15, 0.2) is 108 Å². The SMILES string of the molecule is CCCCC/C=C\C[C@@H]1OC(C)(C)O[C@@H]1C(OC(C)=O)C([C@H]1C[C@@H]1[C@@H](CCCCO[Si](C)(C)C(C)(C)C)O[Si](c1ccccc1)(c1ccccc1)C(C)(C)C)S(=O)(=O)c1ccccc1. The van der Waals surface area contributed by atoms with Gasteiger partial charge in [0, 0.05) is 19.6 Å². The Bertz CT molecular complexity index is 2000. The molecule has 354 valence electrons. The summed E-state index contributed by atoms with van der Waals surface area (Å²) in [6.07, 6.45) is 9.37. The normalized spacial score (nSPS) is 22.0. The molecule has 0 amide bonds. The molecule has 0 aromatic heterocycles. The predicted octanol–water partition coefficient (Wildman–Crippen LogP) is 11.6. The number of hydrogen-bond donors (Lipinski definition) is 0. The van der Waals surface area contributed by atoms with Crippen molar-refractivity contribution in [3.63, 3.8) is 0 Å². The average Bonchev–Trinajstić information content (AvgIpc) is 3.94. The van der Waals surface area contributed by atoms with E-state index in [-0.39, 0.29) is 32.9 Å². The summed E-state index contributed by atoms with van der Waals surface area (Å²) in [6, 6.07) is 29.9. The summed E-state index contributed by atoms with van der Waals surface area (Å²) in [4.78, 5) is 13.5. The van der Waals surface area contributed by atoms with E-state index in [2.05, 4.69) is 122 Å². The average molecular weight is 933 g/mol. The third-order valence-corrected chi connectivity index (χ3v) is 25.7. The summed E-state index contributed by atoms with van der Waals surface area (Å²) in [5, 5.41) is 1.04. The highest BCUT2D eigenvalue weighted by Gasteiger charge is 2.62. The Hall–Kier alpha value is -2.91. The third-order valence-electron chi connectivity index (χ3n) is 13.8. The Kier molecular flexibility index (Phi) is 17.7. The van der Waals surface area contributed by atoms with Gasteiger partial charge in [0.25, 0.3) is 8.32 Å². The van der Waals surface area contributed by atoms with Gasteiger partial charge in [-0.25, -0.2) is 8.42 Å². The Balaban J connectivity index is 1.60. The highest BCUT2D eigenvalue weighted by molar-refractivity contribution is 7.92. The van der Waals surface area contributed by atoms with Crippen LogP contribution in [0.2, 0.25) is 23.2 Å². The number of sulfone groups is 1. The van der Waals surface area contributed by atoms with E-state index in [4.69, 9.17) is 23.1 Å². The van der Waals surface area contributed by atoms with Crippen LogP contribution in [-0.2, 0) is 37.7 Å². The van der Waals surface area contributed by atoms with Crippen LogP contribution >= 0.6 is 0 Å². The maximum absolute atomic E-state index is 15.4. The van der Waals surface area contributed by atoms with E-state index in [0.29, 0.717) is 19.4 Å². The number of rotatable bonds is 23. The molecule has 11 heteroatoms. The maximum atomic E-state index is 15.4. The maximum Gasteiger partial charge on any atom is 0.303 e. The van der Waals surface area contributed by atoms with Crippen molar-refractivity contribution in [1.82, 2.24) is 0 Å². The van der Waals surface area contributed by atoms with Crippen molar-refractivity contribution in [3.8, 4) is 0 Å². The van der Waals surface area contributed by atoms with Gasteiger partial charge in [-0.2, -0.15) is 0 Å². The monoisotopic (exact) mass is 933 g/mol. The van der Waals surface area contributed by atoms with Gasteiger partial charge in [-0.05, 0) is 116 Å². The fourth-order valence-electron chi connectivity index (χ4n) is 9.43. The largest absolute Gasteiger partial charge is 0.458 e. The lowest BCUT2D eigenvalue weighted by molar-refractivity contribution is -0.170. The summed E-state index contributed by atoms with van der Waals surface area (Å²) in [5.74, 6) is -2.11. The first-order chi connectivity index (χ1) is 30.1. The highest BCUT2D eigenvalue weighted by atomic mass is 32.2. The molecule has 0 radical (unpaired) electrons. The third kappa shape index (κ3) is 12.7. The summed E-state index contributed by atoms with van der Waals surface area (Å²) < 4.78 is 64.9. The lowest BCUT2D eigenvalue weighted by Gasteiger charge is -2.45. The number of carbonyl (C=O) groups excluding carboxylic acids is 1. The number of benzene rings is 3.